The third-order valence-corrected chi connectivity index (χ3v) is 5.99. The molecule has 2 heterocycles. The van der Waals surface area contributed by atoms with Gasteiger partial charge in [0.05, 0.1) is 39.9 Å². The van der Waals surface area contributed by atoms with Crippen molar-refractivity contribution >= 4 is 45.6 Å². The van der Waals surface area contributed by atoms with Crippen molar-refractivity contribution in [1.82, 2.24) is 9.97 Å². The molecular formula is C24H20ClN5O4. The smallest absolute Gasteiger partial charge is 0.293 e. The van der Waals surface area contributed by atoms with Crippen LogP contribution in [0.2, 0.25) is 5.02 Å². The number of ether oxygens (including phenoxy) is 1. The van der Waals surface area contributed by atoms with Crippen molar-refractivity contribution < 1.29 is 14.5 Å². The molecule has 1 aliphatic rings. The highest BCUT2D eigenvalue weighted by Crippen LogP contribution is 2.32. The zero-order valence-corrected chi connectivity index (χ0v) is 18.7. The van der Waals surface area contributed by atoms with Gasteiger partial charge >= 0.3 is 0 Å². The highest BCUT2D eigenvalue weighted by Gasteiger charge is 2.23. The molecule has 1 aliphatic heterocycles. The number of carbonyl (C=O) groups excluding carboxylic acids is 1. The molecule has 1 aromatic heterocycles. The van der Waals surface area contributed by atoms with Crippen LogP contribution in [0.4, 0.5) is 17.1 Å². The lowest BCUT2D eigenvalue weighted by Gasteiger charge is -2.28. The van der Waals surface area contributed by atoms with Crippen molar-refractivity contribution in [2.75, 3.05) is 36.5 Å². The van der Waals surface area contributed by atoms with Crippen molar-refractivity contribution in [3.05, 3.63) is 81.4 Å². The summed E-state index contributed by atoms with van der Waals surface area (Å²) < 4.78 is 5.32. The number of benzene rings is 3. The first-order chi connectivity index (χ1) is 16.5. The van der Waals surface area contributed by atoms with Crippen molar-refractivity contribution in [2.24, 2.45) is 0 Å². The number of H-pyrrole nitrogens is 1. The number of rotatable bonds is 5. The molecule has 1 saturated heterocycles. The zero-order valence-electron chi connectivity index (χ0n) is 18.0. The van der Waals surface area contributed by atoms with E-state index in [0.717, 1.165) is 16.6 Å². The van der Waals surface area contributed by atoms with Gasteiger partial charge in [-0.25, -0.2) is 4.98 Å². The van der Waals surface area contributed by atoms with Crippen LogP contribution in [-0.2, 0) is 4.74 Å². The number of nitrogens with zero attached hydrogens (tertiary/aromatic N) is 3. The Bertz CT molecular complexity index is 1360. The van der Waals surface area contributed by atoms with Crippen molar-refractivity contribution in [3.63, 3.8) is 0 Å². The van der Waals surface area contributed by atoms with E-state index in [1.807, 2.05) is 29.2 Å². The number of amides is 1. The predicted molar refractivity (Wildman–Crippen MR) is 131 cm³/mol. The number of hydrogen-bond acceptors (Lipinski definition) is 6. The van der Waals surface area contributed by atoms with Crippen LogP contribution in [0.15, 0.2) is 60.7 Å². The van der Waals surface area contributed by atoms with E-state index in [9.17, 15) is 14.9 Å². The normalized spacial score (nSPS) is 13.7. The maximum absolute atomic E-state index is 13.0. The van der Waals surface area contributed by atoms with Crippen molar-refractivity contribution in [1.29, 1.82) is 0 Å². The number of aromatic nitrogens is 2. The number of nitro groups is 1. The summed E-state index contributed by atoms with van der Waals surface area (Å²) in [5.74, 6) is 0.138. The summed E-state index contributed by atoms with van der Waals surface area (Å²) in [6.45, 7) is 2.10. The second-order valence-corrected chi connectivity index (χ2v) is 8.22. The molecular weight excluding hydrogens is 458 g/mol. The van der Waals surface area contributed by atoms with Gasteiger partial charge in [0.25, 0.3) is 11.6 Å². The van der Waals surface area contributed by atoms with Crippen LogP contribution in [0, 0.1) is 10.1 Å². The minimum Gasteiger partial charge on any atom is -0.378 e. The quantitative estimate of drug-likeness (QED) is 0.313. The van der Waals surface area contributed by atoms with Crippen LogP contribution in [0.3, 0.4) is 0 Å². The Labute approximate surface area is 199 Å². The van der Waals surface area contributed by atoms with E-state index in [4.69, 9.17) is 16.3 Å². The average Bonchev–Trinajstić information content (AvgIpc) is 3.30. The largest absolute Gasteiger partial charge is 0.378 e. The zero-order chi connectivity index (χ0) is 23.7. The molecule has 9 nitrogen and oxygen atoms in total. The Hall–Kier alpha value is -3.95. The summed E-state index contributed by atoms with van der Waals surface area (Å²) in [6.07, 6.45) is 0. The highest BCUT2D eigenvalue weighted by molar-refractivity contribution is 6.34. The summed E-state index contributed by atoms with van der Waals surface area (Å²) in [5.41, 5.74) is 3.34. The van der Waals surface area contributed by atoms with Gasteiger partial charge in [-0.3, -0.25) is 14.9 Å². The van der Waals surface area contributed by atoms with E-state index >= 15 is 0 Å². The lowest BCUT2D eigenvalue weighted by atomic mass is 10.1. The molecule has 0 radical (unpaired) electrons. The number of nitrogens with one attached hydrogen (secondary N) is 2. The molecule has 0 saturated carbocycles. The Balaban J connectivity index is 1.42. The number of hydrogen-bond donors (Lipinski definition) is 2. The molecule has 0 spiro atoms. The van der Waals surface area contributed by atoms with Crippen LogP contribution >= 0.6 is 11.6 Å². The second-order valence-electron chi connectivity index (χ2n) is 7.81. The van der Waals surface area contributed by atoms with E-state index in [-0.39, 0.29) is 11.3 Å². The third kappa shape index (κ3) is 4.30. The number of imidazole rings is 1. The summed E-state index contributed by atoms with van der Waals surface area (Å²) >= 11 is 6.33. The standard InChI is InChI=1S/C24H20ClN5O4/c25-17-7-5-15(23-26-18-3-1-2-4-19(18)27-23)13-20(17)28-24(31)16-6-8-21(22(14-16)30(32)33)29-9-11-34-12-10-29/h1-8,13-14H,9-12H2,(H,26,27)(H,28,31). The number of morpholine rings is 1. The SMILES string of the molecule is O=C(Nc1cc(-c2nc3ccccc3[nH]2)ccc1Cl)c1ccc(N2CCOCC2)c([N+](=O)[O-])c1. The molecule has 34 heavy (non-hydrogen) atoms. The number of carbonyl (C=O) groups is 1. The Morgan fingerprint density at radius 2 is 1.91 bits per heavy atom. The van der Waals surface area contributed by atoms with Crippen molar-refractivity contribution in [2.45, 2.75) is 0 Å². The highest BCUT2D eigenvalue weighted by atomic mass is 35.5. The average molecular weight is 478 g/mol. The molecule has 1 amide bonds. The van der Waals surface area contributed by atoms with Crippen LogP contribution in [0.5, 0.6) is 0 Å². The number of aromatic amines is 1. The van der Waals surface area contributed by atoms with E-state index in [1.54, 1.807) is 30.3 Å². The Morgan fingerprint density at radius 3 is 2.68 bits per heavy atom. The molecule has 4 aromatic rings. The molecule has 0 aliphatic carbocycles. The van der Waals surface area contributed by atoms with Crippen LogP contribution < -0.4 is 10.2 Å². The maximum atomic E-state index is 13.0. The van der Waals surface area contributed by atoms with Crippen LogP contribution in [0.25, 0.3) is 22.4 Å². The van der Waals surface area contributed by atoms with Gasteiger partial charge in [-0.05, 0) is 42.5 Å². The van der Waals surface area contributed by atoms with Gasteiger partial charge in [0.15, 0.2) is 0 Å². The summed E-state index contributed by atoms with van der Waals surface area (Å²) in [4.78, 5) is 33.9. The van der Waals surface area contributed by atoms with Gasteiger partial charge in [-0.1, -0.05) is 23.7 Å². The fourth-order valence-corrected chi connectivity index (χ4v) is 4.10. The third-order valence-electron chi connectivity index (χ3n) is 5.66. The molecule has 0 atom stereocenters. The summed E-state index contributed by atoms with van der Waals surface area (Å²) in [7, 11) is 0. The lowest BCUT2D eigenvalue weighted by Crippen LogP contribution is -2.36. The van der Waals surface area contributed by atoms with Gasteiger partial charge in [0.1, 0.15) is 11.5 Å². The lowest BCUT2D eigenvalue weighted by molar-refractivity contribution is -0.384. The minimum atomic E-state index is -0.500. The van der Waals surface area contributed by atoms with E-state index in [0.29, 0.717) is 48.5 Å². The molecule has 172 valence electrons. The first-order valence-electron chi connectivity index (χ1n) is 10.7. The Morgan fingerprint density at radius 1 is 1.12 bits per heavy atom. The first-order valence-corrected chi connectivity index (χ1v) is 11.0. The first kappa shape index (κ1) is 21.9. The van der Waals surface area contributed by atoms with Crippen molar-refractivity contribution in [3.8, 4) is 11.4 Å². The summed E-state index contributed by atoms with van der Waals surface area (Å²) in [6, 6.07) is 17.3. The minimum absolute atomic E-state index is 0.128. The Kier molecular flexibility index (Phi) is 5.87. The monoisotopic (exact) mass is 477 g/mol. The van der Waals surface area contributed by atoms with Crippen LogP contribution in [0.1, 0.15) is 10.4 Å². The molecule has 10 heteroatoms. The van der Waals surface area contributed by atoms with Gasteiger partial charge in [0.2, 0.25) is 0 Å². The van der Waals surface area contributed by atoms with E-state index < -0.39 is 10.8 Å². The maximum Gasteiger partial charge on any atom is 0.293 e. The number of anilines is 2. The van der Waals surface area contributed by atoms with Gasteiger partial charge in [-0.15, -0.1) is 0 Å². The molecule has 1 fully saturated rings. The molecule has 0 bridgehead atoms. The predicted octanol–water partition coefficient (Wildman–Crippen LogP) is 4.88. The van der Waals surface area contributed by atoms with Gasteiger partial charge in [-0.2, -0.15) is 0 Å². The fourth-order valence-electron chi connectivity index (χ4n) is 3.93. The molecule has 0 unspecified atom stereocenters. The number of fused-ring (bicyclic) bond motifs is 1. The fraction of sp³-hybridized carbons (Fsp3) is 0.167. The number of halogens is 1. The van der Waals surface area contributed by atoms with E-state index in [2.05, 4.69) is 15.3 Å². The van der Waals surface area contributed by atoms with Gasteiger partial charge < -0.3 is 19.9 Å². The molecule has 2 N–H and O–H groups in total. The van der Waals surface area contributed by atoms with Crippen LogP contribution in [-0.4, -0.2) is 47.1 Å². The second kappa shape index (κ2) is 9.12. The summed E-state index contributed by atoms with van der Waals surface area (Å²) in [5, 5.41) is 14.8. The topological polar surface area (TPSA) is 113 Å². The molecule has 5 rings (SSSR count). The van der Waals surface area contributed by atoms with Gasteiger partial charge in [0, 0.05) is 30.3 Å². The number of para-hydroxylation sites is 2. The molecule has 3 aromatic carbocycles. The van der Waals surface area contributed by atoms with E-state index in [1.165, 1.54) is 6.07 Å². The number of nitro benzene ring substituents is 1.